The van der Waals surface area contributed by atoms with Gasteiger partial charge in [0.1, 0.15) is 5.01 Å². The molecule has 25 heavy (non-hydrogen) atoms. The fraction of sp³-hybridized carbons (Fsp3) is 0.333. The van der Waals surface area contributed by atoms with Crippen LogP contribution in [-0.2, 0) is 16.0 Å². The Bertz CT molecular complexity index is 952. The van der Waals surface area contributed by atoms with Gasteiger partial charge in [-0.15, -0.1) is 10.2 Å². The van der Waals surface area contributed by atoms with Gasteiger partial charge >= 0.3 is 0 Å². The van der Waals surface area contributed by atoms with Crippen molar-refractivity contribution in [1.29, 1.82) is 0 Å². The molecule has 128 valence electrons. The van der Waals surface area contributed by atoms with Crippen LogP contribution in [0, 0.1) is 5.92 Å². The van der Waals surface area contributed by atoms with E-state index in [-0.39, 0.29) is 24.8 Å². The van der Waals surface area contributed by atoms with E-state index >= 15 is 0 Å². The average molecular weight is 358 g/mol. The van der Waals surface area contributed by atoms with Crippen molar-refractivity contribution in [3.63, 3.8) is 0 Å². The molecule has 1 aliphatic heterocycles. The van der Waals surface area contributed by atoms with Crippen LogP contribution in [0.25, 0.3) is 11.1 Å². The summed E-state index contributed by atoms with van der Waals surface area (Å²) in [6.07, 6.45) is 2.47. The van der Waals surface area contributed by atoms with E-state index in [9.17, 15) is 9.59 Å². The molecular weight excluding hydrogens is 344 g/mol. The van der Waals surface area contributed by atoms with Crippen molar-refractivity contribution in [2.75, 3.05) is 16.8 Å². The van der Waals surface area contributed by atoms with Crippen LogP contribution in [0.4, 0.5) is 10.9 Å². The third-order valence-corrected chi connectivity index (χ3v) is 5.07. The van der Waals surface area contributed by atoms with Gasteiger partial charge in [-0.3, -0.25) is 14.5 Å². The van der Waals surface area contributed by atoms with Crippen molar-refractivity contribution in [3.05, 3.63) is 23.3 Å². The molecule has 0 bridgehead atoms. The number of anilines is 2. The predicted octanol–water partition coefficient (Wildman–Crippen LogP) is 1.63. The molecule has 2 amide bonds. The van der Waals surface area contributed by atoms with Gasteiger partial charge in [-0.2, -0.15) is 0 Å². The Balaban J connectivity index is 1.49. The standard InChI is InChI=1S/C15H14N6O3S/c1-2-10-18-19-15(25-10)21-7-8(6-11(21)22)13(23)17-12-9-4-3-5-16-14(9)24-20-12/h3-5,8H,2,6-7H2,1H3,(H,17,20,23). The summed E-state index contributed by atoms with van der Waals surface area (Å²) in [4.78, 5) is 30.3. The number of nitrogens with zero attached hydrogens (tertiary/aromatic N) is 5. The van der Waals surface area contributed by atoms with Crippen molar-refractivity contribution in [2.24, 2.45) is 5.92 Å². The van der Waals surface area contributed by atoms with Crippen molar-refractivity contribution in [2.45, 2.75) is 19.8 Å². The first-order valence-corrected chi connectivity index (χ1v) is 8.61. The van der Waals surface area contributed by atoms with Gasteiger partial charge in [0.2, 0.25) is 16.9 Å². The number of carbonyl (C=O) groups excluding carboxylic acids is 2. The molecule has 0 spiro atoms. The highest BCUT2D eigenvalue weighted by atomic mass is 32.1. The third-order valence-electron chi connectivity index (χ3n) is 3.98. The first-order valence-electron chi connectivity index (χ1n) is 7.79. The van der Waals surface area contributed by atoms with E-state index in [4.69, 9.17) is 4.52 Å². The molecule has 3 aromatic heterocycles. The van der Waals surface area contributed by atoms with Gasteiger partial charge in [-0.05, 0) is 18.6 Å². The average Bonchev–Trinajstić information content (AvgIpc) is 3.33. The zero-order valence-corrected chi connectivity index (χ0v) is 14.1. The number of hydrogen-bond donors (Lipinski definition) is 1. The topological polar surface area (TPSA) is 114 Å². The second kappa shape index (κ2) is 6.20. The monoisotopic (exact) mass is 358 g/mol. The SMILES string of the molecule is CCc1nnc(N2CC(C(=O)Nc3noc4ncccc34)CC2=O)s1. The molecule has 0 saturated carbocycles. The zero-order chi connectivity index (χ0) is 17.4. The van der Waals surface area contributed by atoms with Crippen molar-refractivity contribution in [1.82, 2.24) is 20.3 Å². The van der Waals surface area contributed by atoms with E-state index in [1.807, 2.05) is 6.92 Å². The Morgan fingerprint density at radius 2 is 2.36 bits per heavy atom. The maximum Gasteiger partial charge on any atom is 0.259 e. The van der Waals surface area contributed by atoms with Gasteiger partial charge in [-0.1, -0.05) is 23.4 Å². The molecule has 9 nitrogen and oxygen atoms in total. The van der Waals surface area contributed by atoms with E-state index in [2.05, 4.69) is 25.7 Å². The minimum absolute atomic E-state index is 0.126. The van der Waals surface area contributed by atoms with Gasteiger partial charge in [0.15, 0.2) is 5.82 Å². The van der Waals surface area contributed by atoms with Crippen LogP contribution in [0.5, 0.6) is 0 Å². The van der Waals surface area contributed by atoms with E-state index in [1.165, 1.54) is 16.2 Å². The first kappa shape index (κ1) is 15.6. The molecule has 10 heteroatoms. The number of hydrogen-bond acceptors (Lipinski definition) is 8. The molecule has 0 radical (unpaired) electrons. The minimum atomic E-state index is -0.482. The summed E-state index contributed by atoms with van der Waals surface area (Å²) in [5, 5.41) is 16.6. The van der Waals surface area contributed by atoms with Crippen molar-refractivity contribution in [3.8, 4) is 0 Å². The van der Waals surface area contributed by atoms with Crippen LogP contribution in [0.2, 0.25) is 0 Å². The second-order valence-corrected chi connectivity index (χ2v) is 6.65. The molecule has 1 N–H and O–H groups in total. The zero-order valence-electron chi connectivity index (χ0n) is 13.3. The fourth-order valence-electron chi connectivity index (χ4n) is 2.66. The Morgan fingerprint density at radius 3 is 3.16 bits per heavy atom. The Morgan fingerprint density at radius 1 is 1.48 bits per heavy atom. The molecule has 4 heterocycles. The third kappa shape index (κ3) is 2.84. The lowest BCUT2D eigenvalue weighted by atomic mass is 10.1. The molecule has 4 rings (SSSR count). The Kier molecular flexibility index (Phi) is 3.88. The minimum Gasteiger partial charge on any atom is -0.334 e. The first-order chi connectivity index (χ1) is 12.2. The van der Waals surface area contributed by atoms with Gasteiger partial charge in [0, 0.05) is 19.2 Å². The normalized spacial score (nSPS) is 17.4. The van der Waals surface area contributed by atoms with Gasteiger partial charge in [0.05, 0.1) is 11.3 Å². The lowest BCUT2D eigenvalue weighted by molar-refractivity contribution is -0.122. The number of aromatic nitrogens is 4. The number of rotatable bonds is 4. The number of carbonyl (C=O) groups is 2. The van der Waals surface area contributed by atoms with E-state index in [1.54, 1.807) is 18.3 Å². The van der Waals surface area contributed by atoms with Gasteiger partial charge < -0.3 is 9.84 Å². The lowest BCUT2D eigenvalue weighted by Crippen LogP contribution is -2.28. The second-order valence-electron chi connectivity index (χ2n) is 5.61. The molecular formula is C15H14N6O3S. The highest BCUT2D eigenvalue weighted by Crippen LogP contribution is 2.29. The van der Waals surface area contributed by atoms with Crippen LogP contribution in [-0.4, -0.2) is 38.7 Å². The van der Waals surface area contributed by atoms with Crippen LogP contribution < -0.4 is 10.2 Å². The number of amides is 2. The lowest BCUT2D eigenvalue weighted by Gasteiger charge is -2.11. The smallest absolute Gasteiger partial charge is 0.259 e. The summed E-state index contributed by atoms with van der Waals surface area (Å²) in [5.41, 5.74) is 0.350. The highest BCUT2D eigenvalue weighted by Gasteiger charge is 2.37. The molecule has 3 aromatic rings. The molecule has 0 aliphatic carbocycles. The van der Waals surface area contributed by atoms with Crippen LogP contribution >= 0.6 is 11.3 Å². The van der Waals surface area contributed by atoms with E-state index in [0.717, 1.165) is 11.4 Å². The Hall–Kier alpha value is -2.88. The van der Waals surface area contributed by atoms with E-state index in [0.29, 0.717) is 22.0 Å². The number of aryl methyl sites for hydroxylation is 1. The summed E-state index contributed by atoms with van der Waals surface area (Å²) in [6, 6.07) is 3.49. The molecule has 0 aromatic carbocycles. The molecule has 1 fully saturated rings. The quantitative estimate of drug-likeness (QED) is 0.754. The molecule has 1 atom stereocenters. The van der Waals surface area contributed by atoms with Crippen LogP contribution in [0.3, 0.4) is 0 Å². The Labute approximate surface area is 146 Å². The largest absolute Gasteiger partial charge is 0.334 e. The highest BCUT2D eigenvalue weighted by molar-refractivity contribution is 7.15. The summed E-state index contributed by atoms with van der Waals surface area (Å²) >= 11 is 1.37. The maximum absolute atomic E-state index is 12.5. The predicted molar refractivity (Wildman–Crippen MR) is 90.2 cm³/mol. The van der Waals surface area contributed by atoms with Gasteiger partial charge in [0.25, 0.3) is 5.71 Å². The van der Waals surface area contributed by atoms with Crippen LogP contribution in [0.1, 0.15) is 18.4 Å². The summed E-state index contributed by atoms with van der Waals surface area (Å²) in [6.45, 7) is 2.25. The summed E-state index contributed by atoms with van der Waals surface area (Å²) < 4.78 is 5.07. The van der Waals surface area contributed by atoms with Crippen molar-refractivity contribution >= 4 is 45.2 Å². The van der Waals surface area contributed by atoms with E-state index < -0.39 is 5.92 Å². The fourth-order valence-corrected chi connectivity index (χ4v) is 3.46. The van der Waals surface area contributed by atoms with Gasteiger partial charge in [-0.25, -0.2) is 4.98 Å². The maximum atomic E-state index is 12.5. The number of pyridine rings is 1. The molecule has 1 unspecified atom stereocenters. The number of fused-ring (bicyclic) bond motifs is 1. The molecule has 1 aliphatic rings. The molecule has 1 saturated heterocycles. The van der Waals surface area contributed by atoms with Crippen molar-refractivity contribution < 1.29 is 14.1 Å². The van der Waals surface area contributed by atoms with Crippen LogP contribution in [0.15, 0.2) is 22.9 Å². The number of nitrogens with one attached hydrogen (secondary N) is 1. The summed E-state index contributed by atoms with van der Waals surface area (Å²) in [7, 11) is 0. The summed E-state index contributed by atoms with van der Waals surface area (Å²) in [5.74, 6) is -0.589.